The Labute approximate surface area is 64.7 Å². The zero-order valence-electron chi connectivity index (χ0n) is 6.94. The van der Waals surface area contributed by atoms with E-state index in [4.69, 9.17) is 7.85 Å². The van der Waals surface area contributed by atoms with Crippen LogP contribution in [-0.2, 0) is 0 Å². The van der Waals surface area contributed by atoms with Crippen LogP contribution in [0.25, 0.3) is 0 Å². The van der Waals surface area contributed by atoms with E-state index in [0.717, 1.165) is 0 Å². The minimum absolute atomic E-state index is 0.610. The van der Waals surface area contributed by atoms with Crippen molar-refractivity contribution >= 4 is 7.85 Å². The molecule has 52 valence electrons. The van der Waals surface area contributed by atoms with E-state index in [-0.39, 0.29) is 0 Å². The molecule has 10 heavy (non-hydrogen) atoms. The normalized spacial score (nSPS) is 13.5. The van der Waals surface area contributed by atoms with Crippen molar-refractivity contribution in [3.63, 3.8) is 0 Å². The first-order chi connectivity index (χ1) is 4.57. The Kier molecular flexibility index (Phi) is 3.86. The van der Waals surface area contributed by atoms with Gasteiger partial charge in [-0.1, -0.05) is 17.7 Å². The van der Waals surface area contributed by atoms with Crippen LogP contribution in [0.4, 0.5) is 0 Å². The Morgan fingerprint density at radius 2 is 1.80 bits per heavy atom. The topological polar surface area (TPSA) is 0 Å². The SMILES string of the molecule is [B]C(=C)/C=C(C)\C(C)=C/C. The van der Waals surface area contributed by atoms with Gasteiger partial charge in [-0.3, -0.25) is 0 Å². The Morgan fingerprint density at radius 1 is 1.30 bits per heavy atom. The van der Waals surface area contributed by atoms with Crippen molar-refractivity contribution in [3.8, 4) is 0 Å². The smallest absolute Gasteiger partial charge is 0.106 e. The van der Waals surface area contributed by atoms with Gasteiger partial charge < -0.3 is 0 Å². The molecule has 0 spiro atoms. The molecular weight excluding hydrogens is 119 g/mol. The zero-order valence-corrected chi connectivity index (χ0v) is 6.94. The summed E-state index contributed by atoms with van der Waals surface area (Å²) < 4.78 is 0. The molecule has 0 rings (SSSR count). The van der Waals surface area contributed by atoms with Gasteiger partial charge in [0, 0.05) is 0 Å². The molecule has 0 aromatic rings. The molecule has 0 aliphatic rings. The predicted molar refractivity (Wildman–Crippen MR) is 48.1 cm³/mol. The molecule has 0 aliphatic heterocycles. The van der Waals surface area contributed by atoms with Gasteiger partial charge in [-0.25, -0.2) is 0 Å². The molecule has 0 aliphatic carbocycles. The summed E-state index contributed by atoms with van der Waals surface area (Å²) in [7, 11) is 5.39. The first-order valence-electron chi connectivity index (χ1n) is 3.34. The Balaban J connectivity index is 4.35. The van der Waals surface area contributed by atoms with Gasteiger partial charge in [0.25, 0.3) is 0 Å². The van der Waals surface area contributed by atoms with Crippen LogP contribution >= 0.6 is 0 Å². The Hall–Kier alpha value is -0.715. The van der Waals surface area contributed by atoms with E-state index >= 15 is 0 Å². The molecule has 0 amide bonds. The lowest BCUT2D eigenvalue weighted by atomic mass is 9.94. The van der Waals surface area contributed by atoms with Gasteiger partial charge in [-0.2, -0.15) is 0 Å². The molecule has 0 unspecified atom stereocenters. The predicted octanol–water partition coefficient (Wildman–Crippen LogP) is 2.58. The minimum Gasteiger partial charge on any atom is -0.106 e. The van der Waals surface area contributed by atoms with Gasteiger partial charge in [0.05, 0.1) is 0 Å². The summed E-state index contributed by atoms with van der Waals surface area (Å²) in [4.78, 5) is 0. The van der Waals surface area contributed by atoms with Crippen molar-refractivity contribution in [2.45, 2.75) is 20.8 Å². The summed E-state index contributed by atoms with van der Waals surface area (Å²) in [5.41, 5.74) is 3.03. The van der Waals surface area contributed by atoms with Crippen LogP contribution in [0.15, 0.2) is 35.3 Å². The fourth-order valence-corrected chi connectivity index (χ4v) is 0.620. The van der Waals surface area contributed by atoms with Crippen LogP contribution in [0.3, 0.4) is 0 Å². The second kappa shape index (κ2) is 4.16. The summed E-state index contributed by atoms with van der Waals surface area (Å²) in [6.07, 6.45) is 3.92. The molecule has 0 heterocycles. The van der Waals surface area contributed by atoms with Gasteiger partial charge in [-0.15, -0.1) is 12.1 Å². The fourth-order valence-electron chi connectivity index (χ4n) is 0.620. The van der Waals surface area contributed by atoms with Gasteiger partial charge in [-0.05, 0) is 26.3 Å². The number of hydrogen-bond acceptors (Lipinski definition) is 0. The largest absolute Gasteiger partial charge is 0.112 e. The summed E-state index contributed by atoms with van der Waals surface area (Å²) >= 11 is 0. The van der Waals surface area contributed by atoms with E-state index in [1.165, 1.54) is 11.1 Å². The number of allylic oxidation sites excluding steroid dienone is 5. The molecule has 0 aromatic carbocycles. The molecule has 0 nitrogen and oxygen atoms in total. The maximum absolute atomic E-state index is 5.39. The number of rotatable bonds is 2. The summed E-state index contributed by atoms with van der Waals surface area (Å²) in [6, 6.07) is 0. The highest BCUT2D eigenvalue weighted by molar-refractivity contribution is 6.23. The summed E-state index contributed by atoms with van der Waals surface area (Å²) in [5, 5.41) is 0. The number of hydrogen-bond donors (Lipinski definition) is 0. The van der Waals surface area contributed by atoms with E-state index in [1.807, 2.05) is 19.9 Å². The van der Waals surface area contributed by atoms with Crippen LogP contribution in [0, 0.1) is 0 Å². The van der Waals surface area contributed by atoms with Crippen molar-refractivity contribution < 1.29 is 0 Å². The third-order valence-corrected chi connectivity index (χ3v) is 1.46. The first-order valence-corrected chi connectivity index (χ1v) is 3.34. The van der Waals surface area contributed by atoms with E-state index < -0.39 is 0 Å². The molecule has 0 fully saturated rings. The molecular formula is C9H13B. The van der Waals surface area contributed by atoms with E-state index in [1.54, 1.807) is 0 Å². The third-order valence-electron chi connectivity index (χ3n) is 1.46. The van der Waals surface area contributed by atoms with E-state index in [0.29, 0.717) is 5.47 Å². The molecule has 0 saturated heterocycles. The lowest BCUT2D eigenvalue weighted by molar-refractivity contribution is 1.32. The lowest BCUT2D eigenvalue weighted by Crippen LogP contribution is -1.80. The van der Waals surface area contributed by atoms with Gasteiger partial charge in [0.15, 0.2) is 0 Å². The van der Waals surface area contributed by atoms with Gasteiger partial charge >= 0.3 is 0 Å². The third kappa shape index (κ3) is 3.34. The van der Waals surface area contributed by atoms with Crippen LogP contribution in [-0.4, -0.2) is 7.85 Å². The molecule has 0 N–H and O–H groups in total. The average Bonchev–Trinajstić information content (AvgIpc) is 1.85. The maximum Gasteiger partial charge on any atom is 0.112 e. The first kappa shape index (κ1) is 9.28. The second-order valence-corrected chi connectivity index (χ2v) is 2.37. The zero-order chi connectivity index (χ0) is 8.15. The summed E-state index contributed by atoms with van der Waals surface area (Å²) in [6.45, 7) is 9.66. The molecule has 0 atom stereocenters. The van der Waals surface area contributed by atoms with Crippen LogP contribution in [0.1, 0.15) is 20.8 Å². The fraction of sp³-hybridized carbons (Fsp3) is 0.333. The molecule has 0 aromatic heterocycles. The molecule has 2 radical (unpaired) electrons. The van der Waals surface area contributed by atoms with Crippen molar-refractivity contribution in [1.82, 2.24) is 0 Å². The highest BCUT2D eigenvalue weighted by atomic mass is 13.9. The van der Waals surface area contributed by atoms with Gasteiger partial charge in [0.2, 0.25) is 0 Å². The highest BCUT2D eigenvalue weighted by Crippen LogP contribution is 2.08. The quantitative estimate of drug-likeness (QED) is 0.400. The second-order valence-electron chi connectivity index (χ2n) is 2.37. The average molecular weight is 132 g/mol. The van der Waals surface area contributed by atoms with E-state index in [9.17, 15) is 0 Å². The molecule has 1 heteroatoms. The summed E-state index contributed by atoms with van der Waals surface area (Å²) in [5.74, 6) is 0. The van der Waals surface area contributed by atoms with Crippen LogP contribution in [0.2, 0.25) is 0 Å². The van der Waals surface area contributed by atoms with Crippen molar-refractivity contribution in [1.29, 1.82) is 0 Å². The van der Waals surface area contributed by atoms with Crippen molar-refractivity contribution in [3.05, 3.63) is 35.3 Å². The Morgan fingerprint density at radius 3 is 2.10 bits per heavy atom. The van der Waals surface area contributed by atoms with E-state index in [2.05, 4.69) is 19.6 Å². The lowest BCUT2D eigenvalue weighted by Gasteiger charge is -1.99. The molecule has 0 saturated carbocycles. The maximum atomic E-state index is 5.39. The van der Waals surface area contributed by atoms with Crippen molar-refractivity contribution in [2.24, 2.45) is 0 Å². The van der Waals surface area contributed by atoms with Gasteiger partial charge in [0.1, 0.15) is 7.85 Å². The van der Waals surface area contributed by atoms with Crippen LogP contribution in [0.5, 0.6) is 0 Å². The highest BCUT2D eigenvalue weighted by Gasteiger charge is 1.88. The Bertz CT molecular complexity index is 185. The van der Waals surface area contributed by atoms with Crippen molar-refractivity contribution in [2.75, 3.05) is 0 Å². The monoisotopic (exact) mass is 132 g/mol. The standard InChI is InChI=1S/C9H13B/c1-5-7(2)8(3)6-9(4)10/h5-6H,4H2,1-3H3/b7-5-,8-6-. The minimum atomic E-state index is 0.610. The van der Waals surface area contributed by atoms with Crippen LogP contribution < -0.4 is 0 Å². The molecule has 0 bridgehead atoms.